The lowest BCUT2D eigenvalue weighted by molar-refractivity contribution is 0.201. The SMILES string of the molecule is COc1cc(Br)c(OCC(C)(C)CBr)cc1Br. The molecular formula is C12H15Br3O2. The van der Waals surface area contributed by atoms with E-state index < -0.39 is 0 Å². The van der Waals surface area contributed by atoms with Crippen LogP contribution in [0.15, 0.2) is 21.1 Å². The molecule has 1 aromatic rings. The molecule has 0 fully saturated rings. The van der Waals surface area contributed by atoms with E-state index in [9.17, 15) is 0 Å². The maximum absolute atomic E-state index is 5.81. The monoisotopic (exact) mass is 428 g/mol. The minimum absolute atomic E-state index is 0.103. The summed E-state index contributed by atoms with van der Waals surface area (Å²) in [5, 5.41) is 0.898. The van der Waals surface area contributed by atoms with E-state index in [0.29, 0.717) is 6.61 Å². The molecule has 0 saturated heterocycles. The maximum Gasteiger partial charge on any atom is 0.134 e. The van der Waals surface area contributed by atoms with E-state index >= 15 is 0 Å². The van der Waals surface area contributed by atoms with Gasteiger partial charge in [0.05, 0.1) is 22.7 Å². The largest absolute Gasteiger partial charge is 0.496 e. The molecule has 0 aliphatic heterocycles. The minimum atomic E-state index is 0.103. The van der Waals surface area contributed by atoms with Crippen molar-refractivity contribution in [1.29, 1.82) is 0 Å². The Labute approximate surface area is 127 Å². The number of benzene rings is 1. The van der Waals surface area contributed by atoms with Crippen molar-refractivity contribution in [1.82, 2.24) is 0 Å². The highest BCUT2D eigenvalue weighted by Gasteiger charge is 2.18. The van der Waals surface area contributed by atoms with Crippen LogP contribution in [0, 0.1) is 5.41 Å². The smallest absolute Gasteiger partial charge is 0.134 e. The van der Waals surface area contributed by atoms with Crippen molar-refractivity contribution in [2.75, 3.05) is 19.0 Å². The molecule has 0 N–H and O–H groups in total. The van der Waals surface area contributed by atoms with E-state index in [1.165, 1.54) is 0 Å². The lowest BCUT2D eigenvalue weighted by Gasteiger charge is -2.22. The average molecular weight is 431 g/mol. The van der Waals surface area contributed by atoms with Gasteiger partial charge in [-0.25, -0.2) is 0 Å². The summed E-state index contributed by atoms with van der Waals surface area (Å²) < 4.78 is 12.8. The molecular weight excluding hydrogens is 416 g/mol. The second kappa shape index (κ2) is 6.43. The van der Waals surface area contributed by atoms with E-state index in [2.05, 4.69) is 61.6 Å². The first kappa shape index (κ1) is 15.3. The van der Waals surface area contributed by atoms with E-state index in [1.54, 1.807) is 7.11 Å². The van der Waals surface area contributed by atoms with Crippen LogP contribution in [0.3, 0.4) is 0 Å². The molecule has 1 rings (SSSR count). The summed E-state index contributed by atoms with van der Waals surface area (Å²) in [4.78, 5) is 0. The maximum atomic E-state index is 5.81. The molecule has 0 heterocycles. The molecule has 1 aromatic carbocycles. The summed E-state index contributed by atoms with van der Waals surface area (Å²) in [6.45, 7) is 4.94. The molecule has 0 aliphatic carbocycles. The van der Waals surface area contributed by atoms with Gasteiger partial charge in [0.1, 0.15) is 11.5 Å². The standard InChI is InChI=1S/C12H15Br3O2/c1-12(2,6-13)7-17-11-5-8(14)10(16-3)4-9(11)15/h4-5H,6-7H2,1-3H3. The zero-order chi connectivity index (χ0) is 13.1. The van der Waals surface area contributed by atoms with Crippen LogP contribution >= 0.6 is 47.8 Å². The number of methoxy groups -OCH3 is 1. The highest BCUT2D eigenvalue weighted by Crippen LogP contribution is 2.36. The van der Waals surface area contributed by atoms with Gasteiger partial charge in [-0.15, -0.1) is 0 Å². The third kappa shape index (κ3) is 4.45. The number of halogens is 3. The average Bonchev–Trinajstić information content (AvgIpc) is 2.29. The van der Waals surface area contributed by atoms with Gasteiger partial charge in [-0.2, -0.15) is 0 Å². The lowest BCUT2D eigenvalue weighted by Crippen LogP contribution is -2.22. The first-order valence-corrected chi connectivity index (χ1v) is 7.82. The van der Waals surface area contributed by atoms with Crippen LogP contribution < -0.4 is 9.47 Å². The van der Waals surface area contributed by atoms with E-state index in [1.807, 2.05) is 12.1 Å². The fourth-order valence-electron chi connectivity index (χ4n) is 1.09. The van der Waals surface area contributed by atoms with Crippen LogP contribution in [0.2, 0.25) is 0 Å². The Kier molecular flexibility index (Phi) is 5.80. The molecule has 0 bridgehead atoms. The number of hydrogen-bond acceptors (Lipinski definition) is 2. The number of rotatable bonds is 5. The predicted molar refractivity (Wildman–Crippen MR) is 81.5 cm³/mol. The van der Waals surface area contributed by atoms with Gasteiger partial charge in [0.2, 0.25) is 0 Å². The highest BCUT2D eigenvalue weighted by atomic mass is 79.9. The summed E-state index contributed by atoms with van der Waals surface area (Å²) in [6, 6.07) is 3.80. The second-order valence-electron chi connectivity index (χ2n) is 4.50. The summed E-state index contributed by atoms with van der Waals surface area (Å²) >= 11 is 10.4. The van der Waals surface area contributed by atoms with Crippen LogP contribution in [0.5, 0.6) is 11.5 Å². The summed E-state index contributed by atoms with van der Waals surface area (Å²) in [5.74, 6) is 1.59. The van der Waals surface area contributed by atoms with Gasteiger partial charge in [-0.05, 0) is 44.0 Å². The summed E-state index contributed by atoms with van der Waals surface area (Å²) in [6.07, 6.45) is 0. The first-order chi connectivity index (χ1) is 7.89. The van der Waals surface area contributed by atoms with Gasteiger partial charge in [-0.1, -0.05) is 29.8 Å². The molecule has 0 unspecified atom stereocenters. The van der Waals surface area contributed by atoms with Crippen molar-refractivity contribution in [2.24, 2.45) is 5.41 Å². The molecule has 0 amide bonds. The second-order valence-corrected chi connectivity index (χ2v) is 6.77. The lowest BCUT2D eigenvalue weighted by atomic mass is 9.98. The Bertz CT molecular complexity index is 392. The number of ether oxygens (including phenoxy) is 2. The van der Waals surface area contributed by atoms with Crippen LogP contribution in [0.1, 0.15) is 13.8 Å². The van der Waals surface area contributed by atoms with Crippen molar-refractivity contribution in [3.8, 4) is 11.5 Å². The van der Waals surface area contributed by atoms with E-state index in [4.69, 9.17) is 9.47 Å². The fourth-order valence-corrected chi connectivity index (χ4v) is 2.17. The Balaban J connectivity index is 2.82. The zero-order valence-corrected chi connectivity index (χ0v) is 14.8. The van der Waals surface area contributed by atoms with Crippen molar-refractivity contribution >= 4 is 47.8 Å². The quantitative estimate of drug-likeness (QED) is 0.610. The zero-order valence-electron chi connectivity index (χ0n) is 10.0. The highest BCUT2D eigenvalue weighted by molar-refractivity contribution is 9.11. The van der Waals surface area contributed by atoms with E-state index in [0.717, 1.165) is 25.8 Å². The molecule has 0 spiro atoms. The van der Waals surface area contributed by atoms with Crippen LogP contribution in [0.25, 0.3) is 0 Å². The summed E-state index contributed by atoms with van der Waals surface area (Å²) in [5.41, 5.74) is 0.103. The Hall–Kier alpha value is 0.260. The minimum Gasteiger partial charge on any atom is -0.496 e. The van der Waals surface area contributed by atoms with Crippen LogP contribution in [-0.2, 0) is 0 Å². The third-order valence-electron chi connectivity index (χ3n) is 2.19. The molecule has 0 saturated carbocycles. The van der Waals surface area contributed by atoms with Crippen molar-refractivity contribution < 1.29 is 9.47 Å². The van der Waals surface area contributed by atoms with Gasteiger partial charge in [-0.3, -0.25) is 0 Å². The Morgan fingerprint density at radius 1 is 1.12 bits per heavy atom. The topological polar surface area (TPSA) is 18.5 Å². The molecule has 5 heteroatoms. The molecule has 17 heavy (non-hydrogen) atoms. The molecule has 0 aliphatic rings. The number of alkyl halides is 1. The summed E-state index contributed by atoms with van der Waals surface area (Å²) in [7, 11) is 1.64. The van der Waals surface area contributed by atoms with E-state index in [-0.39, 0.29) is 5.41 Å². The van der Waals surface area contributed by atoms with Crippen molar-refractivity contribution in [3.05, 3.63) is 21.1 Å². The van der Waals surface area contributed by atoms with Gasteiger partial charge >= 0.3 is 0 Å². The first-order valence-electron chi connectivity index (χ1n) is 5.11. The third-order valence-corrected chi connectivity index (χ3v) is 4.94. The van der Waals surface area contributed by atoms with Gasteiger partial charge < -0.3 is 9.47 Å². The predicted octanol–water partition coefficient (Wildman–Crippen LogP) is 5.02. The normalized spacial score (nSPS) is 11.4. The Morgan fingerprint density at radius 3 is 2.18 bits per heavy atom. The van der Waals surface area contributed by atoms with Gasteiger partial charge in [0, 0.05) is 10.7 Å². The number of hydrogen-bond donors (Lipinski definition) is 0. The molecule has 96 valence electrons. The van der Waals surface area contributed by atoms with Crippen LogP contribution in [0.4, 0.5) is 0 Å². The molecule has 2 nitrogen and oxygen atoms in total. The van der Waals surface area contributed by atoms with Crippen LogP contribution in [-0.4, -0.2) is 19.0 Å². The molecule has 0 aromatic heterocycles. The Morgan fingerprint density at radius 2 is 1.65 bits per heavy atom. The molecule has 0 atom stereocenters. The van der Waals surface area contributed by atoms with Crippen molar-refractivity contribution in [2.45, 2.75) is 13.8 Å². The van der Waals surface area contributed by atoms with Crippen molar-refractivity contribution in [3.63, 3.8) is 0 Å². The van der Waals surface area contributed by atoms with Gasteiger partial charge in [0.15, 0.2) is 0 Å². The molecule has 0 radical (unpaired) electrons. The fraction of sp³-hybridized carbons (Fsp3) is 0.500. The van der Waals surface area contributed by atoms with Gasteiger partial charge in [0.25, 0.3) is 0 Å².